The Bertz CT molecular complexity index is 703. The first-order valence-electron chi connectivity index (χ1n) is 6.62. The van der Waals surface area contributed by atoms with Gasteiger partial charge in [-0.1, -0.05) is 0 Å². The van der Waals surface area contributed by atoms with E-state index in [0.29, 0.717) is 0 Å². The van der Waals surface area contributed by atoms with Crippen LogP contribution in [0.5, 0.6) is 11.5 Å². The Labute approximate surface area is 120 Å². The van der Waals surface area contributed by atoms with E-state index in [1.807, 2.05) is 12.1 Å². The summed E-state index contributed by atoms with van der Waals surface area (Å²) in [5.74, 6) is 1.76. The van der Waals surface area contributed by atoms with E-state index in [0.717, 1.165) is 24.2 Å². The van der Waals surface area contributed by atoms with Gasteiger partial charge in [-0.2, -0.15) is 0 Å². The molecule has 0 fully saturated rings. The van der Waals surface area contributed by atoms with Crippen LogP contribution in [0.15, 0.2) is 36.4 Å². The molecule has 1 atom stereocenters. The first kappa shape index (κ1) is 13.3. The molecule has 3 nitrogen and oxygen atoms in total. The van der Waals surface area contributed by atoms with Gasteiger partial charge in [-0.05, 0) is 42.6 Å². The molecule has 0 radical (unpaired) electrons. The first-order chi connectivity index (χ1) is 9.78. The largest absolute Gasteiger partial charge is 0.497 e. The van der Waals surface area contributed by atoms with Crippen LogP contribution in [0.4, 0.5) is 0 Å². The van der Waals surface area contributed by atoms with Crippen LogP contribution in [0.25, 0.3) is 21.8 Å². The number of aromatic nitrogens is 1. The number of aryl methyl sites for hydroxylation is 1. The Morgan fingerprint density at radius 3 is 1.80 bits per heavy atom. The van der Waals surface area contributed by atoms with Crippen molar-refractivity contribution in [2.75, 3.05) is 20.4 Å². The number of benzene rings is 2. The summed E-state index contributed by atoms with van der Waals surface area (Å²) in [7, 11) is 6.19. The van der Waals surface area contributed by atoms with Crippen molar-refractivity contribution < 1.29 is 9.47 Å². The molecule has 20 heavy (non-hydrogen) atoms. The quantitative estimate of drug-likeness (QED) is 0.683. The van der Waals surface area contributed by atoms with E-state index in [-0.39, 0.29) is 0 Å². The molecule has 1 unspecified atom stereocenters. The van der Waals surface area contributed by atoms with Gasteiger partial charge in [0.25, 0.3) is 0 Å². The zero-order valence-electron chi connectivity index (χ0n) is 11.7. The van der Waals surface area contributed by atoms with Gasteiger partial charge in [0.2, 0.25) is 0 Å². The van der Waals surface area contributed by atoms with Gasteiger partial charge in [-0.25, -0.2) is 0 Å². The van der Waals surface area contributed by atoms with Crippen LogP contribution in [0.2, 0.25) is 0 Å². The molecule has 0 bridgehead atoms. The molecule has 4 heteroatoms. The molecule has 1 heterocycles. The predicted octanol–water partition coefficient (Wildman–Crippen LogP) is 3.69. The van der Waals surface area contributed by atoms with Crippen molar-refractivity contribution in [1.29, 1.82) is 0 Å². The zero-order valence-corrected chi connectivity index (χ0v) is 12.9. The third-order valence-electron chi connectivity index (χ3n) is 3.63. The SMILES string of the molecule is COc1ccc2c(c1)c1cc(OC)ccc1n2CCP. The van der Waals surface area contributed by atoms with E-state index in [4.69, 9.17) is 9.47 Å². The molecule has 0 amide bonds. The minimum atomic E-state index is 0.880. The van der Waals surface area contributed by atoms with E-state index < -0.39 is 0 Å². The van der Waals surface area contributed by atoms with Crippen LogP contribution in [0.3, 0.4) is 0 Å². The Morgan fingerprint density at radius 2 is 1.40 bits per heavy atom. The molecular weight excluding hydrogens is 269 g/mol. The van der Waals surface area contributed by atoms with Gasteiger partial charge < -0.3 is 14.0 Å². The smallest absolute Gasteiger partial charge is 0.119 e. The number of methoxy groups -OCH3 is 2. The Balaban J connectivity index is 2.39. The highest BCUT2D eigenvalue weighted by atomic mass is 31.0. The monoisotopic (exact) mass is 287 g/mol. The van der Waals surface area contributed by atoms with Gasteiger partial charge in [0.15, 0.2) is 0 Å². The summed E-state index contributed by atoms with van der Waals surface area (Å²) in [4.78, 5) is 0. The fraction of sp³-hybridized carbons (Fsp3) is 0.250. The highest BCUT2D eigenvalue weighted by Gasteiger charge is 2.11. The minimum Gasteiger partial charge on any atom is -0.497 e. The molecule has 0 aliphatic carbocycles. The highest BCUT2D eigenvalue weighted by molar-refractivity contribution is 7.16. The average Bonchev–Trinajstić information content (AvgIpc) is 2.80. The molecule has 104 valence electrons. The summed E-state index contributed by atoms with van der Waals surface area (Å²) in [6, 6.07) is 12.5. The van der Waals surface area contributed by atoms with Crippen molar-refractivity contribution in [3.05, 3.63) is 36.4 Å². The van der Waals surface area contributed by atoms with Gasteiger partial charge in [-0.15, -0.1) is 9.24 Å². The molecule has 0 saturated heterocycles. The van der Waals surface area contributed by atoms with Gasteiger partial charge in [0.05, 0.1) is 14.2 Å². The Hall–Kier alpha value is -1.73. The molecule has 0 aliphatic heterocycles. The maximum atomic E-state index is 5.35. The summed E-state index contributed by atoms with van der Waals surface area (Å²) in [6.45, 7) is 0.976. The lowest BCUT2D eigenvalue weighted by molar-refractivity contribution is 0.415. The second kappa shape index (κ2) is 5.34. The standard InChI is InChI=1S/C16H18NO2P/c1-18-11-3-5-15-13(9-11)14-10-12(19-2)4-6-16(14)17(15)7-8-20/h3-6,9-10H,7-8,20H2,1-2H3. The number of ether oxygens (including phenoxy) is 2. The second-order valence-corrected chi connectivity index (χ2v) is 5.28. The van der Waals surface area contributed by atoms with E-state index >= 15 is 0 Å². The normalized spacial score (nSPS) is 11.2. The number of rotatable bonds is 4. The van der Waals surface area contributed by atoms with Gasteiger partial charge in [0.1, 0.15) is 11.5 Å². The molecular formula is C16H18NO2P. The number of hydrogen-bond donors (Lipinski definition) is 0. The second-order valence-electron chi connectivity index (χ2n) is 4.71. The summed E-state index contributed by atoms with van der Waals surface area (Å²) in [5.41, 5.74) is 2.47. The van der Waals surface area contributed by atoms with E-state index in [9.17, 15) is 0 Å². The summed E-state index contributed by atoms with van der Waals surface area (Å²) in [6.07, 6.45) is 1.02. The molecule has 3 aromatic rings. The molecule has 0 saturated carbocycles. The molecule has 2 aromatic carbocycles. The van der Waals surface area contributed by atoms with E-state index in [2.05, 4.69) is 38.1 Å². The highest BCUT2D eigenvalue weighted by Crippen LogP contribution is 2.33. The van der Waals surface area contributed by atoms with Gasteiger partial charge in [0, 0.05) is 28.4 Å². The fourth-order valence-corrected chi connectivity index (χ4v) is 2.94. The van der Waals surface area contributed by atoms with Gasteiger partial charge in [-0.3, -0.25) is 0 Å². The van der Waals surface area contributed by atoms with Crippen LogP contribution in [-0.2, 0) is 6.54 Å². The van der Waals surface area contributed by atoms with Crippen molar-refractivity contribution in [2.24, 2.45) is 0 Å². The number of fused-ring (bicyclic) bond motifs is 3. The average molecular weight is 287 g/mol. The predicted molar refractivity (Wildman–Crippen MR) is 87.1 cm³/mol. The minimum absolute atomic E-state index is 0.880. The lowest BCUT2D eigenvalue weighted by Gasteiger charge is -2.06. The van der Waals surface area contributed by atoms with Crippen LogP contribution in [-0.4, -0.2) is 24.9 Å². The van der Waals surface area contributed by atoms with Crippen molar-refractivity contribution in [1.82, 2.24) is 4.57 Å². The van der Waals surface area contributed by atoms with Crippen LogP contribution >= 0.6 is 9.24 Å². The van der Waals surface area contributed by atoms with E-state index in [1.54, 1.807) is 14.2 Å². The fourth-order valence-electron chi connectivity index (χ4n) is 2.69. The third kappa shape index (κ3) is 2.03. The van der Waals surface area contributed by atoms with Crippen molar-refractivity contribution in [2.45, 2.75) is 6.54 Å². The van der Waals surface area contributed by atoms with Crippen molar-refractivity contribution in [3.63, 3.8) is 0 Å². The first-order valence-corrected chi connectivity index (χ1v) is 7.44. The van der Waals surface area contributed by atoms with Crippen LogP contribution in [0.1, 0.15) is 0 Å². The third-order valence-corrected chi connectivity index (χ3v) is 3.89. The molecule has 0 spiro atoms. The molecule has 3 rings (SSSR count). The van der Waals surface area contributed by atoms with Crippen molar-refractivity contribution in [3.8, 4) is 11.5 Å². The summed E-state index contributed by atoms with van der Waals surface area (Å²) >= 11 is 0. The van der Waals surface area contributed by atoms with E-state index in [1.165, 1.54) is 21.8 Å². The lowest BCUT2D eigenvalue weighted by atomic mass is 10.1. The zero-order chi connectivity index (χ0) is 14.1. The molecule has 0 N–H and O–H groups in total. The summed E-state index contributed by atoms with van der Waals surface area (Å²) in [5, 5.41) is 2.41. The molecule has 1 aromatic heterocycles. The van der Waals surface area contributed by atoms with Gasteiger partial charge >= 0.3 is 0 Å². The maximum Gasteiger partial charge on any atom is 0.119 e. The Morgan fingerprint density at radius 1 is 0.900 bits per heavy atom. The lowest BCUT2D eigenvalue weighted by Crippen LogP contribution is -1.98. The number of nitrogens with zero attached hydrogens (tertiary/aromatic N) is 1. The maximum absolute atomic E-state index is 5.35. The molecule has 0 aliphatic rings. The Kier molecular flexibility index (Phi) is 3.54. The van der Waals surface area contributed by atoms with Crippen LogP contribution < -0.4 is 9.47 Å². The topological polar surface area (TPSA) is 23.4 Å². The number of hydrogen-bond acceptors (Lipinski definition) is 2. The van der Waals surface area contributed by atoms with Crippen molar-refractivity contribution >= 4 is 31.0 Å². The summed E-state index contributed by atoms with van der Waals surface area (Å²) < 4.78 is 13.0. The van der Waals surface area contributed by atoms with Crippen LogP contribution in [0, 0.1) is 0 Å².